The van der Waals surface area contributed by atoms with E-state index >= 15 is 0 Å². The molecule has 9 heteroatoms. The molecule has 196 valence electrons. The summed E-state index contributed by atoms with van der Waals surface area (Å²) >= 11 is 1.41. The van der Waals surface area contributed by atoms with E-state index in [0.29, 0.717) is 22.0 Å². The number of anilines is 1. The number of rotatable bonds is 8. The van der Waals surface area contributed by atoms with Gasteiger partial charge in [0.05, 0.1) is 23.4 Å². The Morgan fingerprint density at radius 1 is 1.16 bits per heavy atom. The van der Waals surface area contributed by atoms with Crippen LogP contribution in [0.3, 0.4) is 0 Å². The second-order valence-corrected chi connectivity index (χ2v) is 10.5. The average molecular weight is 524 g/mol. The first-order chi connectivity index (χ1) is 17.7. The van der Waals surface area contributed by atoms with Gasteiger partial charge in [-0.1, -0.05) is 26.0 Å². The summed E-state index contributed by atoms with van der Waals surface area (Å²) in [6.07, 6.45) is 1.90. The molecule has 1 amide bonds. The highest BCUT2D eigenvalue weighted by Gasteiger charge is 2.31. The zero-order chi connectivity index (χ0) is 26.7. The number of thiophene rings is 1. The van der Waals surface area contributed by atoms with Gasteiger partial charge in [-0.05, 0) is 70.1 Å². The summed E-state index contributed by atoms with van der Waals surface area (Å²) in [5.74, 6) is -0.249. The zero-order valence-corrected chi connectivity index (χ0v) is 22.7. The molecule has 0 fully saturated rings. The van der Waals surface area contributed by atoms with Gasteiger partial charge < -0.3 is 19.8 Å². The van der Waals surface area contributed by atoms with Crippen LogP contribution < -0.4 is 5.32 Å². The van der Waals surface area contributed by atoms with Crippen molar-refractivity contribution in [3.05, 3.63) is 57.2 Å². The normalized spacial score (nSPS) is 15.5. The minimum atomic E-state index is -1.00. The second kappa shape index (κ2) is 11.3. The summed E-state index contributed by atoms with van der Waals surface area (Å²) < 4.78 is 10.9. The van der Waals surface area contributed by atoms with Crippen LogP contribution in [0, 0.1) is 19.8 Å². The van der Waals surface area contributed by atoms with E-state index in [1.807, 2.05) is 13.8 Å². The number of aryl methyl sites for hydroxylation is 2. The van der Waals surface area contributed by atoms with E-state index < -0.39 is 23.9 Å². The molecule has 37 heavy (non-hydrogen) atoms. The summed E-state index contributed by atoms with van der Waals surface area (Å²) in [4.78, 5) is 47.5. The van der Waals surface area contributed by atoms with Gasteiger partial charge in [-0.15, -0.1) is 11.3 Å². The molecule has 0 radical (unpaired) electrons. The molecule has 0 aliphatic heterocycles. The van der Waals surface area contributed by atoms with Crippen molar-refractivity contribution in [2.75, 3.05) is 11.9 Å². The molecule has 0 saturated heterocycles. The van der Waals surface area contributed by atoms with E-state index in [0.717, 1.165) is 52.5 Å². The molecule has 0 saturated carbocycles. The number of esters is 2. The third kappa shape index (κ3) is 5.77. The van der Waals surface area contributed by atoms with Gasteiger partial charge in [0.25, 0.3) is 5.91 Å². The monoisotopic (exact) mass is 523 g/mol. The smallest absolute Gasteiger partial charge is 0.341 e. The molecule has 2 N–H and O–H groups in total. The number of benzene rings is 1. The van der Waals surface area contributed by atoms with Gasteiger partial charge in [-0.2, -0.15) is 0 Å². The Kier molecular flexibility index (Phi) is 8.12. The van der Waals surface area contributed by atoms with Gasteiger partial charge in [0.15, 0.2) is 6.10 Å². The number of ether oxygens (including phenoxy) is 2. The first-order valence-corrected chi connectivity index (χ1v) is 13.5. The van der Waals surface area contributed by atoms with Crippen LogP contribution in [-0.4, -0.2) is 40.5 Å². The van der Waals surface area contributed by atoms with Gasteiger partial charge in [0.2, 0.25) is 0 Å². The number of carbonyl (C=O) groups is 3. The van der Waals surface area contributed by atoms with Crippen molar-refractivity contribution in [3.8, 4) is 11.4 Å². The molecule has 1 aliphatic rings. The van der Waals surface area contributed by atoms with Crippen LogP contribution in [0.2, 0.25) is 0 Å². The highest BCUT2D eigenvalue weighted by atomic mass is 32.1. The van der Waals surface area contributed by atoms with E-state index in [2.05, 4.69) is 22.2 Å². The number of fused-ring (bicyclic) bond motifs is 1. The van der Waals surface area contributed by atoms with E-state index in [-0.39, 0.29) is 13.0 Å². The molecular weight excluding hydrogens is 490 g/mol. The van der Waals surface area contributed by atoms with E-state index in [4.69, 9.17) is 9.47 Å². The van der Waals surface area contributed by atoms with Crippen molar-refractivity contribution in [1.82, 2.24) is 9.97 Å². The van der Waals surface area contributed by atoms with Crippen LogP contribution in [-0.2, 0) is 27.1 Å². The summed E-state index contributed by atoms with van der Waals surface area (Å²) in [6.45, 7) is 9.84. The predicted molar refractivity (Wildman–Crippen MR) is 143 cm³/mol. The molecule has 0 bridgehead atoms. The lowest BCUT2D eigenvalue weighted by Crippen LogP contribution is -2.32. The zero-order valence-electron chi connectivity index (χ0n) is 21.9. The van der Waals surface area contributed by atoms with Crippen LogP contribution in [0.25, 0.3) is 11.4 Å². The predicted octanol–water partition coefficient (Wildman–Crippen LogP) is 5.63. The number of amides is 1. The largest absolute Gasteiger partial charge is 0.462 e. The fourth-order valence-corrected chi connectivity index (χ4v) is 5.82. The number of aromatic nitrogens is 2. The number of aromatic amines is 1. The lowest BCUT2D eigenvalue weighted by Gasteiger charge is -2.18. The molecule has 0 spiro atoms. The van der Waals surface area contributed by atoms with E-state index in [1.54, 1.807) is 38.1 Å². The molecule has 2 unspecified atom stereocenters. The van der Waals surface area contributed by atoms with Crippen LogP contribution in [0.4, 0.5) is 5.00 Å². The molecule has 2 heterocycles. The van der Waals surface area contributed by atoms with Crippen molar-refractivity contribution in [2.45, 2.75) is 66.4 Å². The second-order valence-electron chi connectivity index (χ2n) is 9.44. The number of hydrogen-bond acceptors (Lipinski definition) is 7. The Labute approximate surface area is 220 Å². The molecule has 3 aromatic rings. The first kappa shape index (κ1) is 26.6. The Morgan fingerprint density at radius 3 is 2.51 bits per heavy atom. The molecule has 8 nitrogen and oxygen atoms in total. The topological polar surface area (TPSA) is 110 Å². The first-order valence-electron chi connectivity index (χ1n) is 12.7. The number of H-pyrrole nitrogens is 1. The molecule has 2 aromatic heterocycles. The Bertz CT molecular complexity index is 1290. The van der Waals surface area contributed by atoms with Crippen molar-refractivity contribution < 1.29 is 23.9 Å². The molecule has 2 atom stereocenters. The number of hydrogen-bond donors (Lipinski definition) is 2. The van der Waals surface area contributed by atoms with Crippen molar-refractivity contribution >= 4 is 34.2 Å². The van der Waals surface area contributed by atoms with Crippen molar-refractivity contribution in [1.29, 1.82) is 0 Å². The van der Waals surface area contributed by atoms with Gasteiger partial charge in [0.1, 0.15) is 10.8 Å². The summed E-state index contributed by atoms with van der Waals surface area (Å²) in [5.41, 5.74) is 4.49. The summed E-state index contributed by atoms with van der Waals surface area (Å²) in [5, 5.41) is 3.32. The summed E-state index contributed by atoms with van der Waals surface area (Å²) in [6, 6.07) is 6.89. The van der Waals surface area contributed by atoms with Crippen LogP contribution in [0.1, 0.15) is 76.2 Å². The molecule has 1 aromatic carbocycles. The fourth-order valence-electron chi connectivity index (χ4n) is 4.42. The lowest BCUT2D eigenvalue weighted by atomic mass is 9.88. The van der Waals surface area contributed by atoms with Gasteiger partial charge in [-0.25, -0.2) is 14.6 Å². The highest BCUT2D eigenvalue weighted by Crippen LogP contribution is 2.40. The van der Waals surface area contributed by atoms with Crippen LogP contribution in [0.15, 0.2) is 24.3 Å². The fraction of sp³-hybridized carbons (Fsp3) is 0.429. The van der Waals surface area contributed by atoms with Crippen molar-refractivity contribution in [2.24, 2.45) is 5.92 Å². The third-order valence-electron chi connectivity index (χ3n) is 6.66. The summed E-state index contributed by atoms with van der Waals surface area (Å²) in [7, 11) is 0. The van der Waals surface area contributed by atoms with Gasteiger partial charge in [0, 0.05) is 16.1 Å². The minimum Gasteiger partial charge on any atom is -0.462 e. The lowest BCUT2D eigenvalue weighted by molar-refractivity contribution is -0.124. The van der Waals surface area contributed by atoms with E-state index in [9.17, 15) is 14.4 Å². The van der Waals surface area contributed by atoms with Gasteiger partial charge in [-0.3, -0.25) is 4.79 Å². The Balaban J connectivity index is 1.48. The standard InChI is InChI=1S/C28H33N3O5S/c1-6-21(36-27(33)19-11-9-18(10-12-19)24-29-16(4)17(5)30-24)25(32)31-26-23(28(34)35-7-2)20-13-8-15(3)14-22(20)37-26/h9-12,15,21H,6-8,13-14H2,1-5H3,(H,29,30)(H,31,32). The number of imidazole rings is 1. The maximum Gasteiger partial charge on any atom is 0.341 e. The van der Waals surface area contributed by atoms with Gasteiger partial charge >= 0.3 is 11.9 Å². The highest BCUT2D eigenvalue weighted by molar-refractivity contribution is 7.17. The molecule has 4 rings (SSSR count). The number of nitrogens with zero attached hydrogens (tertiary/aromatic N) is 1. The quantitative estimate of drug-likeness (QED) is 0.370. The number of nitrogens with one attached hydrogen (secondary N) is 2. The maximum atomic E-state index is 13.1. The SMILES string of the molecule is CCOC(=O)c1c(NC(=O)C(CC)OC(=O)c2ccc(-c3nc(C)c(C)[nH]3)cc2)sc2c1CCC(C)C2. The molecular formula is C28H33N3O5S. The third-order valence-corrected chi connectivity index (χ3v) is 7.83. The maximum absolute atomic E-state index is 13.1. The molecule has 1 aliphatic carbocycles. The Hall–Kier alpha value is -3.46. The number of carbonyl (C=O) groups excluding carboxylic acids is 3. The van der Waals surface area contributed by atoms with Crippen LogP contribution in [0.5, 0.6) is 0 Å². The van der Waals surface area contributed by atoms with Crippen LogP contribution >= 0.6 is 11.3 Å². The minimum absolute atomic E-state index is 0.250. The van der Waals surface area contributed by atoms with E-state index in [1.165, 1.54) is 11.3 Å². The Morgan fingerprint density at radius 2 is 1.89 bits per heavy atom. The van der Waals surface area contributed by atoms with Crippen molar-refractivity contribution in [3.63, 3.8) is 0 Å². The average Bonchev–Trinajstić information content (AvgIpc) is 3.40.